The Morgan fingerprint density at radius 2 is 1.52 bits per heavy atom. The molecule has 0 saturated heterocycles. The van der Waals surface area contributed by atoms with E-state index in [4.69, 9.17) is 0 Å². The summed E-state index contributed by atoms with van der Waals surface area (Å²) in [4.78, 5) is 16.0. The number of hydrogen-bond acceptors (Lipinski definition) is 1. The van der Waals surface area contributed by atoms with Gasteiger partial charge in [-0.2, -0.15) is 0 Å². The van der Waals surface area contributed by atoms with E-state index in [-0.39, 0.29) is 11.7 Å². The molecule has 0 aliphatic rings. The molecule has 0 spiro atoms. The standard InChI is InChI=1S/C21H15FN2O/c22-15-10-12-16(13-11-15)23-21(25)20-19(14-6-2-1-3-7-14)17-8-4-5-9-18(17)24-20/h1-13,24H,(H,23,25). The molecule has 122 valence electrons. The van der Waals surface area contributed by atoms with Gasteiger partial charge in [-0.15, -0.1) is 0 Å². The Kier molecular flexibility index (Phi) is 3.78. The van der Waals surface area contributed by atoms with E-state index in [0.29, 0.717) is 11.4 Å². The predicted molar refractivity (Wildman–Crippen MR) is 98.1 cm³/mol. The fraction of sp³-hybridized carbons (Fsp3) is 0. The summed E-state index contributed by atoms with van der Waals surface area (Å²) in [6.45, 7) is 0. The zero-order valence-electron chi connectivity index (χ0n) is 13.3. The second kappa shape index (κ2) is 6.24. The van der Waals surface area contributed by atoms with E-state index < -0.39 is 0 Å². The van der Waals surface area contributed by atoms with Gasteiger partial charge in [0, 0.05) is 22.2 Å². The van der Waals surface area contributed by atoms with E-state index in [2.05, 4.69) is 10.3 Å². The van der Waals surface area contributed by atoms with Gasteiger partial charge in [0.15, 0.2) is 0 Å². The Labute approximate surface area is 144 Å². The number of anilines is 1. The fourth-order valence-corrected chi connectivity index (χ4v) is 2.94. The van der Waals surface area contributed by atoms with Gasteiger partial charge in [0.05, 0.1) is 0 Å². The number of hydrogen-bond donors (Lipinski definition) is 2. The predicted octanol–water partition coefficient (Wildman–Crippen LogP) is 5.23. The van der Waals surface area contributed by atoms with Gasteiger partial charge in [-0.05, 0) is 35.9 Å². The van der Waals surface area contributed by atoms with Crippen LogP contribution in [0, 0.1) is 5.82 Å². The lowest BCUT2D eigenvalue weighted by atomic mass is 10.0. The van der Waals surface area contributed by atoms with Crippen LogP contribution >= 0.6 is 0 Å². The maximum atomic E-state index is 13.1. The van der Waals surface area contributed by atoms with Crippen molar-refractivity contribution in [1.82, 2.24) is 4.98 Å². The zero-order chi connectivity index (χ0) is 17.2. The minimum atomic E-state index is -0.339. The molecule has 3 aromatic carbocycles. The molecule has 4 rings (SSSR count). The van der Waals surface area contributed by atoms with Crippen molar-refractivity contribution >= 4 is 22.5 Å². The summed E-state index contributed by atoms with van der Waals surface area (Å²) >= 11 is 0. The van der Waals surface area contributed by atoms with Crippen molar-refractivity contribution in [2.45, 2.75) is 0 Å². The van der Waals surface area contributed by atoms with E-state index in [1.165, 1.54) is 24.3 Å². The lowest BCUT2D eigenvalue weighted by Gasteiger charge is -2.07. The molecule has 4 aromatic rings. The quantitative estimate of drug-likeness (QED) is 0.531. The highest BCUT2D eigenvalue weighted by molar-refractivity contribution is 6.14. The Hall–Kier alpha value is -3.40. The van der Waals surface area contributed by atoms with E-state index in [1.807, 2.05) is 54.6 Å². The molecule has 0 atom stereocenters. The van der Waals surface area contributed by atoms with Crippen molar-refractivity contribution in [3.8, 4) is 11.1 Å². The van der Waals surface area contributed by atoms with Crippen molar-refractivity contribution in [2.24, 2.45) is 0 Å². The minimum Gasteiger partial charge on any atom is -0.350 e. The molecule has 0 unspecified atom stereocenters. The second-order valence-corrected chi connectivity index (χ2v) is 5.75. The average Bonchev–Trinajstić information content (AvgIpc) is 3.04. The first-order valence-electron chi connectivity index (χ1n) is 7.95. The van der Waals surface area contributed by atoms with Crippen molar-refractivity contribution in [3.05, 3.63) is 90.4 Å². The number of para-hydroxylation sites is 1. The van der Waals surface area contributed by atoms with Crippen LogP contribution in [0.1, 0.15) is 10.5 Å². The zero-order valence-corrected chi connectivity index (χ0v) is 13.3. The first kappa shape index (κ1) is 15.1. The van der Waals surface area contributed by atoms with Crippen LogP contribution in [0.25, 0.3) is 22.0 Å². The summed E-state index contributed by atoms with van der Waals surface area (Å²) < 4.78 is 13.1. The molecule has 3 nitrogen and oxygen atoms in total. The van der Waals surface area contributed by atoms with E-state index in [1.54, 1.807) is 0 Å². The molecular weight excluding hydrogens is 315 g/mol. The van der Waals surface area contributed by atoms with E-state index >= 15 is 0 Å². The summed E-state index contributed by atoms with van der Waals surface area (Å²) in [6.07, 6.45) is 0. The summed E-state index contributed by atoms with van der Waals surface area (Å²) in [5.41, 5.74) is 3.74. The highest BCUT2D eigenvalue weighted by Gasteiger charge is 2.19. The monoisotopic (exact) mass is 330 g/mol. The van der Waals surface area contributed by atoms with Gasteiger partial charge in [0.1, 0.15) is 11.5 Å². The van der Waals surface area contributed by atoms with Crippen LogP contribution in [-0.4, -0.2) is 10.9 Å². The van der Waals surface area contributed by atoms with Gasteiger partial charge >= 0.3 is 0 Å². The van der Waals surface area contributed by atoms with Crippen LogP contribution in [0.4, 0.5) is 10.1 Å². The van der Waals surface area contributed by atoms with Crippen LogP contribution in [-0.2, 0) is 0 Å². The molecule has 25 heavy (non-hydrogen) atoms. The highest BCUT2D eigenvalue weighted by atomic mass is 19.1. The maximum Gasteiger partial charge on any atom is 0.272 e. The number of carbonyl (C=O) groups is 1. The molecule has 2 N–H and O–H groups in total. The number of fused-ring (bicyclic) bond motifs is 1. The third kappa shape index (κ3) is 2.90. The Morgan fingerprint density at radius 1 is 0.840 bits per heavy atom. The molecule has 0 fully saturated rings. The lowest BCUT2D eigenvalue weighted by molar-refractivity contribution is 0.102. The Morgan fingerprint density at radius 3 is 2.28 bits per heavy atom. The summed E-state index contributed by atoms with van der Waals surface area (Å²) in [6, 6.07) is 23.3. The summed E-state index contributed by atoms with van der Waals surface area (Å²) in [5, 5.41) is 3.80. The van der Waals surface area contributed by atoms with Crippen LogP contribution in [0.5, 0.6) is 0 Å². The van der Waals surface area contributed by atoms with Crippen LogP contribution in [0.3, 0.4) is 0 Å². The topological polar surface area (TPSA) is 44.9 Å². The number of aromatic nitrogens is 1. The van der Waals surface area contributed by atoms with Gasteiger partial charge in [0.2, 0.25) is 0 Å². The number of aromatic amines is 1. The molecule has 0 bridgehead atoms. The third-order valence-electron chi connectivity index (χ3n) is 4.10. The van der Waals surface area contributed by atoms with Gasteiger partial charge in [0.25, 0.3) is 5.91 Å². The van der Waals surface area contributed by atoms with E-state index in [9.17, 15) is 9.18 Å². The highest BCUT2D eigenvalue weighted by Crippen LogP contribution is 2.32. The minimum absolute atomic E-state index is 0.262. The number of carbonyl (C=O) groups excluding carboxylic acids is 1. The SMILES string of the molecule is O=C(Nc1ccc(F)cc1)c1[nH]c2ccccc2c1-c1ccccc1. The molecule has 1 amide bonds. The number of benzene rings is 3. The number of H-pyrrole nitrogens is 1. The van der Waals surface area contributed by atoms with Crippen molar-refractivity contribution in [1.29, 1.82) is 0 Å². The van der Waals surface area contributed by atoms with Gasteiger partial charge in [-0.25, -0.2) is 4.39 Å². The van der Waals surface area contributed by atoms with Gasteiger partial charge < -0.3 is 10.3 Å². The van der Waals surface area contributed by atoms with Crippen LogP contribution < -0.4 is 5.32 Å². The fourth-order valence-electron chi connectivity index (χ4n) is 2.94. The summed E-state index contributed by atoms with van der Waals surface area (Å²) in [7, 11) is 0. The van der Waals surface area contributed by atoms with Crippen LogP contribution in [0.2, 0.25) is 0 Å². The number of halogens is 1. The Balaban J connectivity index is 1.81. The van der Waals surface area contributed by atoms with E-state index in [0.717, 1.165) is 22.0 Å². The molecule has 0 radical (unpaired) electrons. The van der Waals surface area contributed by atoms with Crippen molar-refractivity contribution in [2.75, 3.05) is 5.32 Å². The first-order chi connectivity index (χ1) is 12.2. The van der Waals surface area contributed by atoms with Gasteiger partial charge in [-0.3, -0.25) is 4.79 Å². The largest absolute Gasteiger partial charge is 0.350 e. The summed E-state index contributed by atoms with van der Waals surface area (Å²) in [5.74, 6) is -0.602. The van der Waals surface area contributed by atoms with Crippen LogP contribution in [0.15, 0.2) is 78.9 Å². The Bertz CT molecular complexity index is 1040. The molecular formula is C21H15FN2O. The van der Waals surface area contributed by atoms with Gasteiger partial charge in [-0.1, -0.05) is 48.5 Å². The normalized spacial score (nSPS) is 10.8. The number of amides is 1. The molecule has 0 saturated carbocycles. The van der Waals surface area contributed by atoms with Crippen molar-refractivity contribution < 1.29 is 9.18 Å². The maximum absolute atomic E-state index is 13.1. The number of nitrogens with one attached hydrogen (secondary N) is 2. The first-order valence-corrected chi connectivity index (χ1v) is 7.95. The third-order valence-corrected chi connectivity index (χ3v) is 4.10. The molecule has 4 heteroatoms. The smallest absolute Gasteiger partial charge is 0.272 e. The van der Waals surface area contributed by atoms with Crippen molar-refractivity contribution in [3.63, 3.8) is 0 Å². The molecule has 1 aromatic heterocycles. The molecule has 0 aliphatic heterocycles. The molecule has 1 heterocycles. The lowest BCUT2D eigenvalue weighted by Crippen LogP contribution is -2.13. The molecule has 0 aliphatic carbocycles. The number of rotatable bonds is 3. The second-order valence-electron chi connectivity index (χ2n) is 5.75. The average molecular weight is 330 g/mol.